The van der Waals surface area contributed by atoms with Crippen molar-refractivity contribution in [1.29, 1.82) is 0 Å². The molecule has 5 nitrogen and oxygen atoms in total. The molecule has 11 rings (SSSR count). The molecule has 0 heterocycles. The molecular weight excluding hydrogens is 986 g/mol. The first-order valence-electron chi connectivity index (χ1n) is 22.9. The third-order valence-corrected chi connectivity index (χ3v) is 13.4. The van der Waals surface area contributed by atoms with Crippen molar-refractivity contribution >= 4 is 55.5 Å². The Bertz CT molecular complexity index is 3480. The van der Waals surface area contributed by atoms with Crippen molar-refractivity contribution in [2.24, 2.45) is 9.98 Å². The minimum absolute atomic E-state index is 0. The molecule has 0 radical (unpaired) electrons. The maximum Gasteiger partial charge on any atom is 2.00 e. The number of aliphatic imine (C=N–C) groups is 2. The van der Waals surface area contributed by atoms with Gasteiger partial charge in [0.15, 0.2) is 0 Å². The topological polar surface area (TPSA) is 90.7 Å². The molecule has 71 heavy (non-hydrogen) atoms. The van der Waals surface area contributed by atoms with Gasteiger partial charge in [-0.1, -0.05) is 158 Å². The van der Waals surface area contributed by atoms with Crippen molar-refractivity contribution < 1.29 is 51.9 Å². The van der Waals surface area contributed by atoms with Gasteiger partial charge in [0.2, 0.25) is 0 Å². The van der Waals surface area contributed by atoms with E-state index < -0.39 is 23.3 Å². The molecule has 0 amide bonds. The zero-order valence-corrected chi connectivity index (χ0v) is 39.5. The van der Waals surface area contributed by atoms with E-state index in [1.807, 2.05) is 109 Å². The van der Waals surface area contributed by atoms with Gasteiger partial charge in [-0.3, -0.25) is 9.98 Å². The van der Waals surface area contributed by atoms with Crippen LogP contribution < -0.4 is 10.2 Å². The summed E-state index contributed by atoms with van der Waals surface area (Å²) in [5, 5.41) is 35.8. The molecule has 0 aliphatic heterocycles. The van der Waals surface area contributed by atoms with Crippen LogP contribution in [0.25, 0.3) is 87.6 Å². The smallest absolute Gasteiger partial charge is 0.872 e. The third kappa shape index (κ3) is 8.91. The van der Waals surface area contributed by atoms with Crippen molar-refractivity contribution in [2.75, 3.05) is 0 Å². The first-order chi connectivity index (χ1) is 34.2. The Morgan fingerprint density at radius 3 is 1.10 bits per heavy atom. The van der Waals surface area contributed by atoms with Crippen LogP contribution in [0, 0.1) is 29.9 Å². The summed E-state index contributed by atoms with van der Waals surface area (Å²) in [6, 6.07) is 47.4. The van der Waals surface area contributed by atoms with Crippen LogP contribution in [0.15, 0.2) is 180 Å². The maximum absolute atomic E-state index is 15.6. The Balaban J connectivity index is 0.00000206. The molecule has 10 aromatic carbocycles. The number of benzene rings is 10. The van der Waals surface area contributed by atoms with E-state index in [9.17, 15) is 10.2 Å². The van der Waals surface area contributed by atoms with Crippen LogP contribution in [0.5, 0.6) is 11.5 Å². The number of hydrogen-bond donors (Lipinski definition) is 0. The van der Waals surface area contributed by atoms with Crippen molar-refractivity contribution in [1.82, 2.24) is 0 Å². The average Bonchev–Trinajstić information content (AvgIpc) is 3.38. The van der Waals surface area contributed by atoms with Crippen LogP contribution in [-0.4, -0.2) is 24.5 Å². The van der Waals surface area contributed by atoms with E-state index in [-0.39, 0.29) is 65.3 Å². The molecule has 1 aliphatic rings. The summed E-state index contributed by atoms with van der Waals surface area (Å²) in [4.78, 5) is 10.1. The van der Waals surface area contributed by atoms with Gasteiger partial charge in [0.25, 0.3) is 0 Å². The summed E-state index contributed by atoms with van der Waals surface area (Å²) < 4.78 is 70.0. The van der Waals surface area contributed by atoms with Crippen molar-refractivity contribution in [3.63, 3.8) is 0 Å². The minimum atomic E-state index is -0.736. The first kappa shape index (κ1) is 48.3. The number of rotatable bonds is 8. The molecule has 1 fully saturated rings. The molecule has 0 saturated heterocycles. The van der Waals surface area contributed by atoms with Gasteiger partial charge in [0.1, 0.15) is 23.3 Å². The Labute approximate surface area is 420 Å². The van der Waals surface area contributed by atoms with E-state index >= 15 is 17.6 Å². The van der Waals surface area contributed by atoms with Crippen molar-refractivity contribution in [3.05, 3.63) is 211 Å². The standard InChI is InChI=1S/C60H42F4N2O2.CO.Ru/c61-47-21-11-22-48(62)55(47)45-29-27-35-13-1-5-17-41(35)53(45)57-43-19-7-3-15-37(43)31-39(59(57)67)33-65-51-25-9-10-26-52(51)66-34-40-32-38-16-4-8-20-44(38)58(60(40)68)54-42-18-6-2-14-36(42)28-30-46(54)56-49(63)23-12-24-50(56)64;1-2;/h1-8,11-24,27-34,51-52,67-68H,9-10,25-26H2;;/q;;+2/p-2. The van der Waals surface area contributed by atoms with Gasteiger partial charge in [0, 0.05) is 12.4 Å². The van der Waals surface area contributed by atoms with Crippen LogP contribution in [0.2, 0.25) is 0 Å². The molecule has 348 valence electrons. The molecule has 10 aromatic rings. The normalized spacial score (nSPS) is 14.8. The fourth-order valence-corrected chi connectivity index (χ4v) is 10.2. The molecule has 2 unspecified atom stereocenters. The summed E-state index contributed by atoms with van der Waals surface area (Å²) in [6.07, 6.45) is 6.35. The summed E-state index contributed by atoms with van der Waals surface area (Å²) in [7, 11) is 0. The van der Waals surface area contributed by atoms with Crippen LogP contribution in [0.1, 0.15) is 36.8 Å². The molecule has 0 N–H and O–H groups in total. The van der Waals surface area contributed by atoms with Gasteiger partial charge in [0.05, 0.1) is 23.2 Å². The number of nitrogens with zero attached hydrogens (tertiary/aromatic N) is 2. The average molecular weight is 1030 g/mol. The quantitative estimate of drug-likeness (QED) is 0.0499. The second-order valence-electron chi connectivity index (χ2n) is 17.4. The van der Waals surface area contributed by atoms with E-state index in [1.54, 1.807) is 36.7 Å². The summed E-state index contributed by atoms with van der Waals surface area (Å²) in [6.45, 7) is 4.50. The van der Waals surface area contributed by atoms with Gasteiger partial charge in [-0.25, -0.2) is 17.6 Å². The maximum atomic E-state index is 15.6. The second kappa shape index (κ2) is 20.7. The van der Waals surface area contributed by atoms with Gasteiger partial charge in [-0.05, 0) is 137 Å². The van der Waals surface area contributed by atoms with E-state index in [1.165, 1.54) is 36.4 Å². The van der Waals surface area contributed by atoms with Crippen molar-refractivity contribution in [2.45, 2.75) is 37.8 Å². The largest absolute Gasteiger partial charge is 2.00 e. The Morgan fingerprint density at radius 2 is 0.732 bits per heavy atom. The van der Waals surface area contributed by atoms with Gasteiger partial charge in [-0.15, -0.1) is 0 Å². The fraction of sp³-hybridized carbons (Fsp3) is 0.0984. The zero-order valence-electron chi connectivity index (χ0n) is 37.8. The number of fused-ring (bicyclic) bond motifs is 4. The van der Waals surface area contributed by atoms with Crippen LogP contribution in [-0.2, 0) is 24.1 Å². The minimum Gasteiger partial charge on any atom is -0.872 e. The second-order valence-corrected chi connectivity index (χ2v) is 17.4. The Morgan fingerprint density at radius 1 is 0.408 bits per heavy atom. The van der Waals surface area contributed by atoms with Gasteiger partial charge < -0.3 is 10.2 Å². The summed E-state index contributed by atoms with van der Waals surface area (Å²) in [5.74, 6) is -3.61. The van der Waals surface area contributed by atoms with E-state index in [0.29, 0.717) is 67.8 Å². The fourth-order valence-electron chi connectivity index (χ4n) is 10.2. The molecule has 2 atom stereocenters. The van der Waals surface area contributed by atoms with Crippen molar-refractivity contribution in [3.8, 4) is 56.0 Å². The summed E-state index contributed by atoms with van der Waals surface area (Å²) >= 11 is 0. The zero-order chi connectivity index (χ0) is 48.5. The van der Waals surface area contributed by atoms with E-state index in [4.69, 9.17) is 14.6 Å². The molecule has 1 aliphatic carbocycles. The van der Waals surface area contributed by atoms with Gasteiger partial charge in [-0.2, -0.15) is 0 Å². The summed E-state index contributed by atoms with van der Waals surface area (Å²) in [5.41, 5.74) is 2.24. The molecule has 1 saturated carbocycles. The predicted octanol–water partition coefficient (Wildman–Crippen LogP) is 14.5. The van der Waals surface area contributed by atoms with Crippen LogP contribution in [0.3, 0.4) is 0 Å². The molecule has 0 aromatic heterocycles. The molecule has 0 bridgehead atoms. The van der Waals surface area contributed by atoms with Crippen LogP contribution >= 0.6 is 0 Å². The SMILES string of the molecule is [C-]#[O+].[O-]c1c(C=NC2CCCCC2N=Cc2cc3ccccc3c(-c3c(-c4c(F)cccc4F)ccc4ccccc34)c2[O-])cc2ccccc2c1-c1c(-c2c(F)cccc2F)ccc2ccccc12.[Ru+2]. The molecule has 10 heteroatoms. The Kier molecular flexibility index (Phi) is 14.1. The van der Waals surface area contributed by atoms with Gasteiger partial charge >= 0.3 is 30.8 Å². The first-order valence-corrected chi connectivity index (χ1v) is 22.9. The predicted molar refractivity (Wildman–Crippen MR) is 269 cm³/mol. The number of halogens is 4. The molecular formula is C61H40F4N2O3Ru. The third-order valence-electron chi connectivity index (χ3n) is 13.4. The van der Waals surface area contributed by atoms with E-state index in [0.717, 1.165) is 34.4 Å². The monoisotopic (exact) mass is 1030 g/mol. The number of hydrogen-bond acceptors (Lipinski definition) is 4. The molecule has 0 spiro atoms. The van der Waals surface area contributed by atoms with E-state index in [2.05, 4.69) is 6.65 Å². The van der Waals surface area contributed by atoms with Crippen LogP contribution in [0.4, 0.5) is 17.6 Å². The Hall–Kier alpha value is -7.74.